The predicted octanol–water partition coefficient (Wildman–Crippen LogP) is 4.01. The molecule has 2 N–H and O–H groups in total. The third kappa shape index (κ3) is 17.7. The lowest BCUT2D eigenvalue weighted by molar-refractivity contribution is -0.121. The Kier molecular flexibility index (Phi) is 14.3. The summed E-state index contributed by atoms with van der Waals surface area (Å²) < 4.78 is 33.9. The molecule has 0 fully saturated rings. The Morgan fingerprint density at radius 3 is 2.00 bits per heavy atom. The maximum absolute atomic E-state index is 11.6. The number of carbonyl (C=O) groups is 1. The average molecular weight is 366 g/mol. The molecule has 0 spiro atoms. The van der Waals surface area contributed by atoms with Gasteiger partial charge in [0.25, 0.3) is 0 Å². The van der Waals surface area contributed by atoms with E-state index in [9.17, 15) is 13.2 Å². The van der Waals surface area contributed by atoms with E-state index >= 15 is 0 Å². The van der Waals surface area contributed by atoms with Gasteiger partial charge in [-0.25, -0.2) is 4.18 Å². The Hall–Kier alpha value is -0.660. The van der Waals surface area contributed by atoms with Crippen LogP contribution >= 0.6 is 0 Å². The van der Waals surface area contributed by atoms with Crippen LogP contribution in [-0.4, -0.2) is 31.5 Å². The highest BCUT2D eigenvalue weighted by atomic mass is 32.3. The monoisotopic (exact) mass is 365 g/mol. The lowest BCUT2D eigenvalue weighted by Gasteiger charge is -2.10. The summed E-state index contributed by atoms with van der Waals surface area (Å²) in [5.74, 6) is -0.114. The van der Waals surface area contributed by atoms with Crippen LogP contribution in [0.2, 0.25) is 0 Å². The third-order valence-corrected chi connectivity index (χ3v) is 4.49. The van der Waals surface area contributed by atoms with Crippen molar-refractivity contribution in [3.63, 3.8) is 0 Å². The quantitative estimate of drug-likeness (QED) is 0.318. The van der Waals surface area contributed by atoms with Gasteiger partial charge in [-0.3, -0.25) is 9.35 Å². The molecule has 0 bridgehead atoms. The third-order valence-electron chi connectivity index (χ3n) is 3.92. The largest absolute Gasteiger partial charge is 0.397 e. The number of rotatable bonds is 16. The van der Waals surface area contributed by atoms with E-state index in [1.807, 2.05) is 0 Å². The van der Waals surface area contributed by atoms with Crippen molar-refractivity contribution in [1.82, 2.24) is 5.32 Å². The Morgan fingerprint density at radius 2 is 1.50 bits per heavy atom. The molecule has 0 saturated heterocycles. The molecule has 1 atom stereocenters. The second-order valence-corrected chi connectivity index (χ2v) is 7.45. The predicted molar refractivity (Wildman–Crippen MR) is 96.2 cm³/mol. The fourth-order valence-corrected chi connectivity index (χ4v) is 3.03. The van der Waals surface area contributed by atoms with Gasteiger partial charge in [0.1, 0.15) is 0 Å². The lowest BCUT2D eigenvalue weighted by atomic mass is 10.1. The van der Waals surface area contributed by atoms with Crippen LogP contribution in [0.3, 0.4) is 0 Å². The summed E-state index contributed by atoms with van der Waals surface area (Å²) in [6.45, 7) is 4.39. The summed E-state index contributed by atoms with van der Waals surface area (Å²) in [4.78, 5) is 11.6. The van der Waals surface area contributed by atoms with Crippen LogP contribution in [0.25, 0.3) is 0 Å². The Labute approximate surface area is 147 Å². The van der Waals surface area contributed by atoms with Gasteiger partial charge in [0, 0.05) is 13.0 Å². The standard InChI is InChI=1S/C17H35NO5S/c1-3-4-5-6-7-8-9-10-11-12-15-18-17(19)14-13-16(2)23-24(20,21)22/h16H,3-15H2,1-2H3,(H,18,19)(H,20,21,22). The van der Waals surface area contributed by atoms with Gasteiger partial charge in [-0.15, -0.1) is 0 Å². The molecule has 0 aliphatic heterocycles. The van der Waals surface area contributed by atoms with Gasteiger partial charge in [0.05, 0.1) is 6.10 Å². The minimum atomic E-state index is -4.44. The molecule has 0 aromatic heterocycles. The van der Waals surface area contributed by atoms with Crippen LogP contribution in [0.4, 0.5) is 0 Å². The van der Waals surface area contributed by atoms with Crippen LogP contribution in [-0.2, 0) is 19.4 Å². The van der Waals surface area contributed by atoms with Crippen LogP contribution in [0.1, 0.15) is 90.9 Å². The van der Waals surface area contributed by atoms with Crippen LogP contribution in [0, 0.1) is 0 Å². The molecule has 6 nitrogen and oxygen atoms in total. The Bertz CT molecular complexity index is 411. The summed E-state index contributed by atoms with van der Waals surface area (Å²) in [5.41, 5.74) is 0. The molecular weight excluding hydrogens is 330 g/mol. The second kappa shape index (κ2) is 14.7. The van der Waals surface area contributed by atoms with E-state index in [2.05, 4.69) is 16.4 Å². The van der Waals surface area contributed by atoms with Crippen molar-refractivity contribution in [3.05, 3.63) is 0 Å². The lowest BCUT2D eigenvalue weighted by Crippen LogP contribution is -2.26. The summed E-state index contributed by atoms with van der Waals surface area (Å²) in [6.07, 6.45) is 12.3. The van der Waals surface area contributed by atoms with E-state index in [1.165, 1.54) is 58.3 Å². The van der Waals surface area contributed by atoms with Gasteiger partial charge in [0.2, 0.25) is 5.91 Å². The highest BCUT2D eigenvalue weighted by molar-refractivity contribution is 7.80. The van der Waals surface area contributed by atoms with Crippen molar-refractivity contribution in [1.29, 1.82) is 0 Å². The number of hydrogen-bond donors (Lipinski definition) is 2. The molecule has 24 heavy (non-hydrogen) atoms. The highest BCUT2D eigenvalue weighted by Crippen LogP contribution is 2.10. The minimum Gasteiger partial charge on any atom is -0.356 e. The van der Waals surface area contributed by atoms with Crippen molar-refractivity contribution >= 4 is 16.3 Å². The second-order valence-electron chi connectivity index (χ2n) is 6.41. The topological polar surface area (TPSA) is 92.7 Å². The number of nitrogens with one attached hydrogen (secondary N) is 1. The molecule has 0 heterocycles. The van der Waals surface area contributed by atoms with Gasteiger partial charge in [0.15, 0.2) is 0 Å². The van der Waals surface area contributed by atoms with Crippen LogP contribution < -0.4 is 5.32 Å². The van der Waals surface area contributed by atoms with Crippen LogP contribution in [0.5, 0.6) is 0 Å². The van der Waals surface area contributed by atoms with Gasteiger partial charge >= 0.3 is 10.4 Å². The summed E-state index contributed by atoms with van der Waals surface area (Å²) in [6, 6.07) is 0. The molecule has 0 aromatic rings. The normalized spacial score (nSPS) is 13.0. The zero-order valence-electron chi connectivity index (χ0n) is 15.3. The van der Waals surface area contributed by atoms with E-state index in [0.717, 1.165) is 12.8 Å². The SMILES string of the molecule is CCCCCCCCCCCCNC(=O)CCC(C)OS(=O)(=O)O. The number of carbonyl (C=O) groups excluding carboxylic acids is 1. The van der Waals surface area contributed by atoms with E-state index in [-0.39, 0.29) is 18.7 Å². The van der Waals surface area contributed by atoms with Crippen molar-refractivity contribution in [2.75, 3.05) is 6.54 Å². The first-order valence-electron chi connectivity index (χ1n) is 9.27. The molecule has 1 amide bonds. The maximum atomic E-state index is 11.6. The Morgan fingerprint density at radius 1 is 1.00 bits per heavy atom. The van der Waals surface area contributed by atoms with Crippen molar-refractivity contribution in [2.45, 2.75) is 97.0 Å². The van der Waals surface area contributed by atoms with Crippen LogP contribution in [0.15, 0.2) is 0 Å². The van der Waals surface area contributed by atoms with Crippen molar-refractivity contribution in [2.24, 2.45) is 0 Å². The zero-order chi connectivity index (χ0) is 18.3. The number of unbranched alkanes of at least 4 members (excludes halogenated alkanes) is 9. The van der Waals surface area contributed by atoms with Gasteiger partial charge in [-0.1, -0.05) is 64.7 Å². The molecule has 0 aromatic carbocycles. The first kappa shape index (κ1) is 23.3. The minimum absolute atomic E-state index is 0.114. The van der Waals surface area contributed by atoms with E-state index < -0.39 is 16.5 Å². The molecule has 0 radical (unpaired) electrons. The highest BCUT2D eigenvalue weighted by Gasteiger charge is 2.13. The first-order valence-corrected chi connectivity index (χ1v) is 10.6. The van der Waals surface area contributed by atoms with Gasteiger partial charge in [-0.05, 0) is 19.8 Å². The average Bonchev–Trinajstić information content (AvgIpc) is 2.49. The number of amides is 1. The zero-order valence-corrected chi connectivity index (χ0v) is 16.1. The maximum Gasteiger partial charge on any atom is 0.397 e. The van der Waals surface area contributed by atoms with Crippen molar-refractivity contribution in [3.8, 4) is 0 Å². The van der Waals surface area contributed by atoms with E-state index in [0.29, 0.717) is 6.54 Å². The molecule has 0 aliphatic rings. The van der Waals surface area contributed by atoms with E-state index in [4.69, 9.17) is 4.55 Å². The van der Waals surface area contributed by atoms with E-state index in [1.54, 1.807) is 0 Å². The first-order chi connectivity index (χ1) is 11.3. The summed E-state index contributed by atoms with van der Waals surface area (Å²) in [7, 11) is -4.44. The molecule has 144 valence electrons. The summed E-state index contributed by atoms with van der Waals surface area (Å²) in [5, 5.41) is 2.82. The molecule has 1 unspecified atom stereocenters. The fraction of sp³-hybridized carbons (Fsp3) is 0.941. The smallest absolute Gasteiger partial charge is 0.356 e. The van der Waals surface area contributed by atoms with Gasteiger partial charge < -0.3 is 5.32 Å². The molecule has 7 heteroatoms. The van der Waals surface area contributed by atoms with Crippen molar-refractivity contribution < 1.29 is 21.9 Å². The molecular formula is C17H35NO5S. The Balaban J connectivity index is 3.37. The molecule has 0 saturated carbocycles. The number of hydrogen-bond acceptors (Lipinski definition) is 4. The molecule has 0 rings (SSSR count). The van der Waals surface area contributed by atoms with Gasteiger partial charge in [-0.2, -0.15) is 8.42 Å². The molecule has 0 aliphatic carbocycles. The fourth-order valence-electron chi connectivity index (χ4n) is 2.52. The summed E-state index contributed by atoms with van der Waals surface area (Å²) >= 11 is 0.